The molecule has 1 saturated heterocycles. The van der Waals surface area contributed by atoms with E-state index >= 15 is 0 Å². The molecule has 0 saturated carbocycles. The van der Waals surface area contributed by atoms with Crippen molar-refractivity contribution in [3.8, 4) is 0 Å². The smallest absolute Gasteiger partial charge is 0.313 e. The molecule has 0 aliphatic carbocycles. The van der Waals surface area contributed by atoms with Crippen LogP contribution in [-0.2, 0) is 9.59 Å². The first kappa shape index (κ1) is 19.8. The molecular formula is C21H25FN4O2. The van der Waals surface area contributed by atoms with Crippen LogP contribution in [0.3, 0.4) is 0 Å². The molecule has 28 heavy (non-hydrogen) atoms. The quantitative estimate of drug-likeness (QED) is 0.774. The highest BCUT2D eigenvalue weighted by atomic mass is 19.1. The first-order valence-electron chi connectivity index (χ1n) is 9.40. The molecule has 1 heterocycles. The SMILES string of the molecule is Cc1ccccc1NC(=O)C(=O)NCCN1CCN(c2ccc(F)cc2)CC1. The third-order valence-electron chi connectivity index (χ3n) is 4.88. The maximum absolute atomic E-state index is 13.0. The molecule has 148 valence electrons. The molecule has 0 spiro atoms. The lowest BCUT2D eigenvalue weighted by Gasteiger charge is -2.36. The lowest BCUT2D eigenvalue weighted by Crippen LogP contribution is -2.49. The molecule has 1 aliphatic rings. The van der Waals surface area contributed by atoms with E-state index in [9.17, 15) is 14.0 Å². The number of rotatable bonds is 5. The van der Waals surface area contributed by atoms with E-state index in [1.165, 1.54) is 12.1 Å². The lowest BCUT2D eigenvalue weighted by atomic mass is 10.2. The number of amides is 2. The molecule has 7 heteroatoms. The van der Waals surface area contributed by atoms with Gasteiger partial charge in [-0.15, -0.1) is 0 Å². The Balaban J connectivity index is 1.37. The van der Waals surface area contributed by atoms with Gasteiger partial charge in [-0.3, -0.25) is 14.5 Å². The Kier molecular flexibility index (Phi) is 6.60. The Morgan fingerprint density at radius 3 is 2.32 bits per heavy atom. The van der Waals surface area contributed by atoms with E-state index < -0.39 is 11.8 Å². The van der Waals surface area contributed by atoms with Crippen molar-refractivity contribution in [1.82, 2.24) is 10.2 Å². The van der Waals surface area contributed by atoms with Crippen LogP contribution < -0.4 is 15.5 Å². The fourth-order valence-corrected chi connectivity index (χ4v) is 3.18. The van der Waals surface area contributed by atoms with E-state index in [1.807, 2.05) is 25.1 Å². The van der Waals surface area contributed by atoms with E-state index in [0.29, 0.717) is 18.8 Å². The molecule has 0 radical (unpaired) electrons. The van der Waals surface area contributed by atoms with Gasteiger partial charge in [0.25, 0.3) is 0 Å². The van der Waals surface area contributed by atoms with Crippen LogP contribution >= 0.6 is 0 Å². The number of para-hydroxylation sites is 1. The maximum atomic E-state index is 13.0. The Bertz CT molecular complexity index is 817. The van der Waals surface area contributed by atoms with Crippen molar-refractivity contribution in [2.24, 2.45) is 0 Å². The van der Waals surface area contributed by atoms with E-state index in [0.717, 1.165) is 37.4 Å². The van der Waals surface area contributed by atoms with Gasteiger partial charge in [-0.25, -0.2) is 4.39 Å². The summed E-state index contributed by atoms with van der Waals surface area (Å²) in [4.78, 5) is 28.4. The van der Waals surface area contributed by atoms with Gasteiger partial charge in [0.1, 0.15) is 5.82 Å². The highest BCUT2D eigenvalue weighted by Gasteiger charge is 2.18. The van der Waals surface area contributed by atoms with Crippen molar-refractivity contribution in [2.75, 3.05) is 49.5 Å². The van der Waals surface area contributed by atoms with Gasteiger partial charge in [-0.1, -0.05) is 18.2 Å². The fourth-order valence-electron chi connectivity index (χ4n) is 3.18. The fraction of sp³-hybridized carbons (Fsp3) is 0.333. The predicted molar refractivity (Wildman–Crippen MR) is 108 cm³/mol. The van der Waals surface area contributed by atoms with Crippen molar-refractivity contribution in [3.63, 3.8) is 0 Å². The molecule has 2 amide bonds. The molecule has 2 N–H and O–H groups in total. The van der Waals surface area contributed by atoms with E-state index in [1.54, 1.807) is 18.2 Å². The minimum Gasteiger partial charge on any atom is -0.369 e. The van der Waals surface area contributed by atoms with Crippen molar-refractivity contribution in [1.29, 1.82) is 0 Å². The molecule has 0 atom stereocenters. The maximum Gasteiger partial charge on any atom is 0.313 e. The van der Waals surface area contributed by atoms with Crippen LogP contribution in [0.25, 0.3) is 0 Å². The van der Waals surface area contributed by atoms with E-state index in [-0.39, 0.29) is 5.82 Å². The zero-order valence-corrected chi connectivity index (χ0v) is 16.0. The van der Waals surface area contributed by atoms with Gasteiger partial charge in [0.2, 0.25) is 0 Å². The van der Waals surface area contributed by atoms with E-state index in [4.69, 9.17) is 0 Å². The van der Waals surface area contributed by atoms with Gasteiger partial charge in [0, 0.05) is 50.6 Å². The normalized spacial score (nSPS) is 14.6. The topological polar surface area (TPSA) is 64.7 Å². The Labute approximate surface area is 164 Å². The zero-order chi connectivity index (χ0) is 19.9. The Morgan fingerprint density at radius 1 is 0.964 bits per heavy atom. The monoisotopic (exact) mass is 384 g/mol. The van der Waals surface area contributed by atoms with Crippen LogP contribution in [0.5, 0.6) is 0 Å². The molecule has 3 rings (SSSR count). The van der Waals surface area contributed by atoms with Crippen LogP contribution in [0.2, 0.25) is 0 Å². The average molecular weight is 384 g/mol. The number of hydrogen-bond donors (Lipinski definition) is 2. The second-order valence-corrected chi connectivity index (χ2v) is 6.83. The Morgan fingerprint density at radius 2 is 1.64 bits per heavy atom. The van der Waals surface area contributed by atoms with Gasteiger partial charge in [0.05, 0.1) is 0 Å². The van der Waals surface area contributed by atoms with Gasteiger partial charge >= 0.3 is 11.8 Å². The van der Waals surface area contributed by atoms with Gasteiger partial charge in [-0.2, -0.15) is 0 Å². The summed E-state index contributed by atoms with van der Waals surface area (Å²) < 4.78 is 13.0. The van der Waals surface area contributed by atoms with Gasteiger partial charge in [0.15, 0.2) is 0 Å². The second-order valence-electron chi connectivity index (χ2n) is 6.83. The number of anilines is 2. The molecule has 1 fully saturated rings. The van der Waals surface area contributed by atoms with Crippen LogP contribution in [0.4, 0.5) is 15.8 Å². The molecule has 2 aromatic rings. The van der Waals surface area contributed by atoms with Crippen molar-refractivity contribution in [2.45, 2.75) is 6.92 Å². The first-order chi connectivity index (χ1) is 13.5. The van der Waals surface area contributed by atoms with Gasteiger partial charge in [-0.05, 0) is 42.8 Å². The van der Waals surface area contributed by atoms with Crippen molar-refractivity contribution >= 4 is 23.2 Å². The number of nitrogens with one attached hydrogen (secondary N) is 2. The summed E-state index contributed by atoms with van der Waals surface area (Å²) in [6.07, 6.45) is 0. The summed E-state index contributed by atoms with van der Waals surface area (Å²) >= 11 is 0. The predicted octanol–water partition coefficient (Wildman–Crippen LogP) is 2.01. The van der Waals surface area contributed by atoms with Crippen LogP contribution in [0, 0.1) is 12.7 Å². The summed E-state index contributed by atoms with van der Waals surface area (Å²) in [6.45, 7) is 6.35. The van der Waals surface area contributed by atoms with Crippen LogP contribution in [-0.4, -0.2) is 56.0 Å². The zero-order valence-electron chi connectivity index (χ0n) is 16.0. The minimum absolute atomic E-state index is 0.232. The van der Waals surface area contributed by atoms with Crippen LogP contribution in [0.15, 0.2) is 48.5 Å². The summed E-state index contributed by atoms with van der Waals surface area (Å²) in [7, 11) is 0. The molecule has 2 aromatic carbocycles. The number of benzene rings is 2. The number of halogens is 1. The first-order valence-corrected chi connectivity index (χ1v) is 9.40. The van der Waals surface area contributed by atoms with Crippen molar-refractivity contribution < 1.29 is 14.0 Å². The van der Waals surface area contributed by atoms with Crippen molar-refractivity contribution in [3.05, 3.63) is 59.9 Å². The third-order valence-corrected chi connectivity index (χ3v) is 4.88. The Hall–Kier alpha value is -2.93. The molecule has 0 bridgehead atoms. The summed E-state index contributed by atoms with van der Waals surface area (Å²) in [5, 5.41) is 5.30. The number of nitrogens with zero attached hydrogens (tertiary/aromatic N) is 2. The number of aryl methyl sites for hydroxylation is 1. The number of carbonyl (C=O) groups excluding carboxylic acids is 2. The summed E-state index contributed by atoms with van der Waals surface area (Å²) in [5.74, 6) is -1.52. The molecule has 1 aliphatic heterocycles. The largest absolute Gasteiger partial charge is 0.369 e. The number of hydrogen-bond acceptors (Lipinski definition) is 4. The minimum atomic E-state index is -0.657. The molecule has 0 aromatic heterocycles. The highest BCUT2D eigenvalue weighted by Crippen LogP contribution is 2.16. The second kappa shape index (κ2) is 9.32. The molecule has 6 nitrogen and oxygen atoms in total. The van der Waals surface area contributed by atoms with E-state index in [2.05, 4.69) is 20.4 Å². The molecular weight excluding hydrogens is 359 g/mol. The third kappa shape index (κ3) is 5.29. The number of piperazine rings is 1. The lowest BCUT2D eigenvalue weighted by molar-refractivity contribution is -0.136. The average Bonchev–Trinajstić information content (AvgIpc) is 2.71. The van der Waals surface area contributed by atoms with Gasteiger partial charge < -0.3 is 15.5 Å². The summed E-state index contributed by atoms with van der Waals surface area (Å²) in [5.41, 5.74) is 2.56. The van der Waals surface area contributed by atoms with Crippen LogP contribution in [0.1, 0.15) is 5.56 Å². The number of carbonyl (C=O) groups is 2. The highest BCUT2D eigenvalue weighted by molar-refractivity contribution is 6.39. The standard InChI is InChI=1S/C21H25FN4O2/c1-16-4-2-3-5-19(16)24-21(28)20(27)23-10-11-25-12-14-26(15-13-25)18-8-6-17(22)7-9-18/h2-9H,10-15H2,1H3,(H,23,27)(H,24,28). The summed E-state index contributed by atoms with van der Waals surface area (Å²) in [6, 6.07) is 13.8. The molecule has 0 unspecified atom stereocenters.